The van der Waals surface area contributed by atoms with Crippen LogP contribution in [-0.2, 0) is 11.2 Å². The molecule has 2 aromatic heterocycles. The first-order chi connectivity index (χ1) is 14.6. The van der Waals surface area contributed by atoms with Crippen molar-refractivity contribution in [3.05, 3.63) is 77.1 Å². The number of carbonyl (C=O) groups is 1. The van der Waals surface area contributed by atoms with Crippen LogP contribution in [0.15, 0.2) is 48.8 Å². The summed E-state index contributed by atoms with van der Waals surface area (Å²) in [7, 11) is 0. The van der Waals surface area contributed by atoms with Crippen molar-refractivity contribution in [3.8, 4) is 0 Å². The number of nitrogens with one attached hydrogen (secondary N) is 1. The molecule has 1 aromatic carbocycles. The molecule has 1 aliphatic rings. The topological polar surface area (TPSA) is 69.9 Å². The molecule has 4 rings (SSSR count). The number of benzene rings is 1. The molecule has 0 spiro atoms. The Morgan fingerprint density at radius 1 is 1.30 bits per heavy atom. The molecule has 1 fully saturated rings. The number of hydrogen-bond donors (Lipinski definition) is 2. The van der Waals surface area contributed by atoms with Crippen LogP contribution < -0.4 is 5.48 Å². The van der Waals surface area contributed by atoms with Crippen molar-refractivity contribution < 1.29 is 18.8 Å². The first-order valence-corrected chi connectivity index (χ1v) is 9.83. The van der Waals surface area contributed by atoms with Crippen LogP contribution in [0.3, 0.4) is 0 Å². The maximum absolute atomic E-state index is 14.8. The Bertz CT molecular complexity index is 1070. The van der Waals surface area contributed by atoms with Crippen molar-refractivity contribution in [2.75, 3.05) is 13.1 Å². The molecular weight excluding hydrogens is 390 g/mol. The van der Waals surface area contributed by atoms with Gasteiger partial charge in [0.15, 0.2) is 0 Å². The molecule has 1 atom stereocenters. The van der Waals surface area contributed by atoms with Crippen molar-refractivity contribution >= 4 is 17.5 Å². The summed E-state index contributed by atoms with van der Waals surface area (Å²) in [6, 6.07) is 7.98. The second-order valence-electron chi connectivity index (χ2n) is 7.35. The van der Waals surface area contributed by atoms with Crippen molar-refractivity contribution in [1.82, 2.24) is 20.0 Å². The summed E-state index contributed by atoms with van der Waals surface area (Å²) in [5.74, 6) is -2.03. The van der Waals surface area contributed by atoms with Crippen LogP contribution >= 0.6 is 0 Å². The van der Waals surface area contributed by atoms with Gasteiger partial charge in [-0.2, -0.15) is 5.10 Å². The zero-order valence-electron chi connectivity index (χ0n) is 16.3. The average molecular weight is 412 g/mol. The van der Waals surface area contributed by atoms with E-state index in [-0.39, 0.29) is 17.2 Å². The van der Waals surface area contributed by atoms with Crippen LogP contribution in [0.4, 0.5) is 8.78 Å². The molecule has 1 aliphatic heterocycles. The van der Waals surface area contributed by atoms with Crippen molar-refractivity contribution in [3.63, 3.8) is 0 Å². The molecule has 0 bridgehead atoms. The molecule has 1 unspecified atom stereocenters. The summed E-state index contributed by atoms with van der Waals surface area (Å²) in [5, 5.41) is 12.8. The lowest BCUT2D eigenvalue weighted by Crippen LogP contribution is -2.27. The largest absolute Gasteiger partial charge is 0.296 e. The molecule has 2 N–H and O–H groups in total. The summed E-state index contributed by atoms with van der Waals surface area (Å²) < 4.78 is 31.4. The van der Waals surface area contributed by atoms with Crippen LogP contribution in [-0.4, -0.2) is 38.7 Å². The molecule has 1 amide bonds. The fourth-order valence-electron chi connectivity index (χ4n) is 4.09. The number of hydrogen-bond acceptors (Lipinski definition) is 4. The van der Waals surface area contributed by atoms with Crippen molar-refractivity contribution in [2.24, 2.45) is 0 Å². The molecule has 1 saturated heterocycles. The minimum absolute atomic E-state index is 0.0659. The minimum atomic E-state index is -0.769. The van der Waals surface area contributed by atoms with Crippen molar-refractivity contribution in [2.45, 2.75) is 25.3 Å². The second kappa shape index (κ2) is 8.73. The first kappa shape index (κ1) is 20.2. The van der Waals surface area contributed by atoms with E-state index in [2.05, 4.69) is 10.00 Å². The zero-order valence-corrected chi connectivity index (χ0v) is 16.3. The van der Waals surface area contributed by atoms with Gasteiger partial charge in [-0.1, -0.05) is 6.07 Å². The monoisotopic (exact) mass is 412 g/mol. The maximum atomic E-state index is 14.8. The van der Waals surface area contributed by atoms with E-state index in [1.807, 2.05) is 35.1 Å². The van der Waals surface area contributed by atoms with E-state index >= 15 is 0 Å². The van der Waals surface area contributed by atoms with E-state index in [9.17, 15) is 13.6 Å². The van der Waals surface area contributed by atoms with Crippen LogP contribution in [0.5, 0.6) is 0 Å². The van der Waals surface area contributed by atoms with E-state index in [1.54, 1.807) is 0 Å². The molecule has 156 valence electrons. The summed E-state index contributed by atoms with van der Waals surface area (Å²) in [5.41, 5.74) is 3.86. The number of pyridine rings is 1. The van der Waals surface area contributed by atoms with Gasteiger partial charge in [-0.15, -0.1) is 0 Å². The summed E-state index contributed by atoms with van der Waals surface area (Å²) in [4.78, 5) is 13.2. The Balaban J connectivity index is 1.51. The molecule has 0 radical (unpaired) electrons. The van der Waals surface area contributed by atoms with E-state index in [4.69, 9.17) is 5.21 Å². The highest BCUT2D eigenvalue weighted by molar-refractivity contribution is 5.90. The molecule has 3 heterocycles. The SMILES string of the molecule is O=C(/C=C/c1cc(F)c(C2CCCN2CCc2cnn3ccccc23)c(F)c1)NO. The lowest BCUT2D eigenvalue weighted by molar-refractivity contribution is -0.124. The third-order valence-corrected chi connectivity index (χ3v) is 5.51. The first-order valence-electron chi connectivity index (χ1n) is 9.83. The molecule has 8 heteroatoms. The molecule has 30 heavy (non-hydrogen) atoms. The highest BCUT2D eigenvalue weighted by atomic mass is 19.1. The summed E-state index contributed by atoms with van der Waals surface area (Å²) in [6.07, 6.45) is 8.28. The van der Waals surface area contributed by atoms with Crippen LogP contribution in [0.25, 0.3) is 11.6 Å². The molecule has 3 aromatic rings. The second-order valence-corrected chi connectivity index (χ2v) is 7.35. The van der Waals surface area contributed by atoms with Gasteiger partial charge in [0.1, 0.15) is 11.6 Å². The maximum Gasteiger partial charge on any atom is 0.267 e. The fourth-order valence-corrected chi connectivity index (χ4v) is 4.09. The van der Waals surface area contributed by atoms with Gasteiger partial charge >= 0.3 is 0 Å². The van der Waals surface area contributed by atoms with Crippen LogP contribution in [0.1, 0.15) is 35.6 Å². The zero-order chi connectivity index (χ0) is 21.1. The summed E-state index contributed by atoms with van der Waals surface area (Å²) >= 11 is 0. The Labute approximate surface area is 172 Å². The van der Waals surface area contributed by atoms with Gasteiger partial charge in [0.05, 0.1) is 11.7 Å². The van der Waals surface area contributed by atoms with Crippen molar-refractivity contribution in [1.29, 1.82) is 0 Å². The van der Waals surface area contributed by atoms with Crippen LogP contribution in [0, 0.1) is 11.6 Å². The molecule has 6 nitrogen and oxygen atoms in total. The van der Waals surface area contributed by atoms with Gasteiger partial charge in [-0.3, -0.25) is 14.9 Å². The molecular formula is C22H22F2N4O2. The Hall–Kier alpha value is -3.10. The van der Waals surface area contributed by atoms with Gasteiger partial charge < -0.3 is 0 Å². The van der Waals surface area contributed by atoms with E-state index in [0.717, 1.165) is 36.5 Å². The number of halogens is 2. The van der Waals surface area contributed by atoms with E-state index in [1.165, 1.54) is 23.7 Å². The number of rotatable bonds is 6. The number of carbonyl (C=O) groups excluding carboxylic acids is 1. The van der Waals surface area contributed by atoms with Gasteiger partial charge in [-0.25, -0.2) is 18.8 Å². The fraction of sp³-hybridized carbons (Fsp3) is 0.273. The molecule has 0 saturated carbocycles. The highest BCUT2D eigenvalue weighted by Gasteiger charge is 2.30. The molecule has 0 aliphatic carbocycles. The summed E-state index contributed by atoms with van der Waals surface area (Å²) in [6.45, 7) is 1.46. The third kappa shape index (κ3) is 4.10. The number of amides is 1. The lowest BCUT2D eigenvalue weighted by Gasteiger charge is -2.25. The number of fused-ring (bicyclic) bond motifs is 1. The standard InChI is InChI=1S/C22H22F2N4O2/c23-17-12-15(6-7-21(29)26-30)13-18(24)22(17)20-5-3-9-27(20)11-8-16-14-25-28-10-2-1-4-19(16)28/h1-2,4,6-7,10,12-14,20,30H,3,5,8-9,11H2,(H,26,29)/b7-6+. The minimum Gasteiger partial charge on any atom is -0.296 e. The number of aromatic nitrogens is 2. The van der Waals surface area contributed by atoms with E-state index in [0.29, 0.717) is 13.0 Å². The average Bonchev–Trinajstić information content (AvgIpc) is 3.37. The quantitative estimate of drug-likeness (QED) is 0.369. The number of nitrogens with zero attached hydrogens (tertiary/aromatic N) is 3. The Morgan fingerprint density at radius 2 is 2.10 bits per heavy atom. The normalized spacial score (nSPS) is 17.2. The van der Waals surface area contributed by atoms with Gasteiger partial charge in [0.2, 0.25) is 0 Å². The number of likely N-dealkylation sites (tertiary alicyclic amines) is 1. The number of hydroxylamine groups is 1. The predicted octanol–water partition coefficient (Wildman–Crippen LogP) is 3.51. The van der Waals surface area contributed by atoms with Gasteiger partial charge in [-0.05, 0) is 67.3 Å². The Kier molecular flexibility index (Phi) is 5.87. The van der Waals surface area contributed by atoms with Crippen LogP contribution in [0.2, 0.25) is 0 Å². The highest BCUT2D eigenvalue weighted by Crippen LogP contribution is 2.35. The van der Waals surface area contributed by atoms with Gasteiger partial charge in [0, 0.05) is 30.4 Å². The van der Waals surface area contributed by atoms with E-state index < -0.39 is 17.5 Å². The smallest absolute Gasteiger partial charge is 0.267 e. The Morgan fingerprint density at radius 3 is 2.87 bits per heavy atom. The van der Waals surface area contributed by atoms with Gasteiger partial charge in [0.25, 0.3) is 5.91 Å². The third-order valence-electron chi connectivity index (χ3n) is 5.51. The lowest BCUT2D eigenvalue weighted by atomic mass is 10.0. The predicted molar refractivity (Wildman–Crippen MR) is 108 cm³/mol.